The second kappa shape index (κ2) is 6.00. The molecule has 0 spiro atoms. The van der Waals surface area contributed by atoms with Gasteiger partial charge in [-0.1, -0.05) is 6.92 Å². The maximum atomic E-state index is 13.9. The van der Waals surface area contributed by atoms with E-state index in [1.54, 1.807) is 19.9 Å². The number of amidine groups is 1. The number of sulfone groups is 1. The van der Waals surface area contributed by atoms with Gasteiger partial charge in [0, 0.05) is 10.0 Å². The molecule has 0 saturated carbocycles. The fourth-order valence-electron chi connectivity index (χ4n) is 1.71. The molecule has 0 aliphatic carbocycles. The van der Waals surface area contributed by atoms with Gasteiger partial charge in [-0.3, -0.25) is 5.41 Å². The molecule has 5 nitrogen and oxygen atoms in total. The first-order chi connectivity index (χ1) is 9.40. The first kappa shape index (κ1) is 18.0. The van der Waals surface area contributed by atoms with E-state index in [1.807, 2.05) is 0 Å². The second-order valence-corrected chi connectivity index (χ2v) is 8.98. The Morgan fingerprint density at radius 1 is 1.57 bits per heavy atom. The van der Waals surface area contributed by atoms with E-state index in [0.29, 0.717) is 10.2 Å². The molecule has 1 aromatic rings. The van der Waals surface area contributed by atoms with Crippen molar-refractivity contribution in [1.29, 1.82) is 5.41 Å². The highest BCUT2D eigenvalue weighted by molar-refractivity contribution is 9.10. The summed E-state index contributed by atoms with van der Waals surface area (Å²) in [6, 6.07) is 1.54. The van der Waals surface area contributed by atoms with Crippen molar-refractivity contribution in [2.45, 2.75) is 38.4 Å². The van der Waals surface area contributed by atoms with Crippen molar-refractivity contribution in [2.75, 3.05) is 5.75 Å². The summed E-state index contributed by atoms with van der Waals surface area (Å²) in [5.41, 5.74) is 6.07. The van der Waals surface area contributed by atoms with Crippen LogP contribution in [0.3, 0.4) is 0 Å². The van der Waals surface area contributed by atoms with E-state index in [2.05, 4.69) is 20.9 Å². The van der Waals surface area contributed by atoms with Crippen LogP contribution in [-0.4, -0.2) is 29.7 Å². The van der Waals surface area contributed by atoms with Gasteiger partial charge in [0.1, 0.15) is 10.6 Å². The number of aryl methyl sites for hydroxylation is 1. The van der Waals surface area contributed by atoms with Gasteiger partial charge < -0.3 is 5.73 Å². The highest BCUT2D eigenvalue weighted by atomic mass is 79.9. The molecule has 0 aliphatic heterocycles. The standard InChI is InChI=1S/C13H19BrFN3O2S/c1-7(6-21(19,20)13(3,4)12(16)17)9-5-10(14)8(2)18-11(9)15/h5,7H,6H2,1-4H3,(H3,16,17). The Hall–Kier alpha value is -1.02. The average molecular weight is 380 g/mol. The zero-order chi connectivity index (χ0) is 16.6. The lowest BCUT2D eigenvalue weighted by molar-refractivity contribution is 0.544. The number of nitrogens with two attached hydrogens (primary N) is 1. The first-order valence-electron chi connectivity index (χ1n) is 6.29. The molecule has 118 valence electrons. The van der Waals surface area contributed by atoms with Crippen LogP contribution in [0.25, 0.3) is 0 Å². The molecule has 0 fully saturated rings. The van der Waals surface area contributed by atoms with E-state index in [1.165, 1.54) is 13.8 Å². The van der Waals surface area contributed by atoms with Gasteiger partial charge in [-0.25, -0.2) is 13.4 Å². The maximum Gasteiger partial charge on any atom is 0.216 e. The third kappa shape index (κ3) is 3.60. The summed E-state index contributed by atoms with van der Waals surface area (Å²) in [5, 5.41) is 7.41. The molecule has 1 heterocycles. The average Bonchev–Trinajstić information content (AvgIpc) is 2.32. The minimum absolute atomic E-state index is 0.218. The van der Waals surface area contributed by atoms with Crippen LogP contribution in [0.1, 0.15) is 37.9 Å². The monoisotopic (exact) mass is 379 g/mol. The second-order valence-electron chi connectivity index (χ2n) is 5.54. The molecular weight excluding hydrogens is 361 g/mol. The number of aromatic nitrogens is 1. The van der Waals surface area contributed by atoms with E-state index >= 15 is 0 Å². The largest absolute Gasteiger partial charge is 0.386 e. The highest BCUT2D eigenvalue weighted by Gasteiger charge is 2.38. The van der Waals surface area contributed by atoms with Gasteiger partial charge >= 0.3 is 0 Å². The molecule has 3 N–H and O–H groups in total. The molecule has 0 saturated heterocycles. The number of rotatable bonds is 5. The fraction of sp³-hybridized carbons (Fsp3) is 0.538. The first-order valence-corrected chi connectivity index (χ1v) is 8.74. The van der Waals surface area contributed by atoms with Crippen molar-refractivity contribution in [3.8, 4) is 0 Å². The van der Waals surface area contributed by atoms with Crippen LogP contribution in [0, 0.1) is 18.3 Å². The number of halogens is 2. The summed E-state index contributed by atoms with van der Waals surface area (Å²) in [5.74, 6) is -2.02. The molecule has 0 bridgehead atoms. The lowest BCUT2D eigenvalue weighted by Crippen LogP contribution is -2.46. The lowest BCUT2D eigenvalue weighted by Gasteiger charge is -2.25. The summed E-state index contributed by atoms with van der Waals surface area (Å²) in [6.45, 7) is 6.00. The minimum Gasteiger partial charge on any atom is -0.386 e. The number of pyridine rings is 1. The fourth-order valence-corrected chi connectivity index (χ4v) is 3.63. The van der Waals surface area contributed by atoms with E-state index < -0.39 is 32.3 Å². The molecule has 1 rings (SSSR count). The Labute approximate surface area is 132 Å². The molecular formula is C13H19BrFN3O2S. The molecule has 0 amide bonds. The van der Waals surface area contributed by atoms with Gasteiger partial charge in [0.15, 0.2) is 9.84 Å². The SMILES string of the molecule is Cc1nc(F)c(C(C)CS(=O)(=O)C(C)(C)C(=N)N)cc1Br. The Balaban J connectivity index is 3.15. The van der Waals surface area contributed by atoms with Gasteiger partial charge in [0.05, 0.1) is 11.4 Å². The Morgan fingerprint density at radius 2 is 2.10 bits per heavy atom. The van der Waals surface area contributed by atoms with Gasteiger partial charge in [-0.2, -0.15) is 4.39 Å². The third-order valence-electron chi connectivity index (χ3n) is 3.56. The van der Waals surface area contributed by atoms with Gasteiger partial charge in [-0.15, -0.1) is 0 Å². The smallest absolute Gasteiger partial charge is 0.216 e. The van der Waals surface area contributed by atoms with E-state index in [4.69, 9.17) is 11.1 Å². The molecule has 21 heavy (non-hydrogen) atoms. The number of nitrogens with one attached hydrogen (secondary N) is 1. The molecule has 1 atom stereocenters. The molecule has 1 aromatic heterocycles. The van der Waals surface area contributed by atoms with Crippen molar-refractivity contribution in [2.24, 2.45) is 5.73 Å². The van der Waals surface area contributed by atoms with Crippen molar-refractivity contribution in [3.05, 3.63) is 27.7 Å². The Morgan fingerprint density at radius 3 is 2.57 bits per heavy atom. The van der Waals surface area contributed by atoms with Crippen molar-refractivity contribution < 1.29 is 12.8 Å². The zero-order valence-corrected chi connectivity index (χ0v) is 14.8. The summed E-state index contributed by atoms with van der Waals surface area (Å²) >= 11 is 3.26. The maximum absolute atomic E-state index is 13.9. The van der Waals surface area contributed by atoms with Crippen LogP contribution in [0.2, 0.25) is 0 Å². The van der Waals surface area contributed by atoms with E-state index in [0.717, 1.165) is 0 Å². The van der Waals surface area contributed by atoms with Gasteiger partial charge in [0.2, 0.25) is 5.95 Å². The van der Waals surface area contributed by atoms with Crippen LogP contribution in [-0.2, 0) is 9.84 Å². The summed E-state index contributed by atoms with van der Waals surface area (Å²) in [4.78, 5) is 3.75. The van der Waals surface area contributed by atoms with Gasteiger partial charge in [0.25, 0.3) is 0 Å². The Bertz CT molecular complexity index is 674. The summed E-state index contributed by atoms with van der Waals surface area (Å²) in [6.07, 6.45) is 0. The minimum atomic E-state index is -3.71. The van der Waals surface area contributed by atoms with Crippen LogP contribution >= 0.6 is 15.9 Å². The van der Waals surface area contributed by atoms with E-state index in [-0.39, 0.29) is 11.3 Å². The van der Waals surface area contributed by atoms with Crippen LogP contribution in [0.4, 0.5) is 4.39 Å². The predicted molar refractivity (Wildman–Crippen MR) is 84.8 cm³/mol. The third-order valence-corrected chi connectivity index (χ3v) is 7.07. The van der Waals surface area contributed by atoms with Crippen LogP contribution in [0.15, 0.2) is 10.5 Å². The van der Waals surface area contributed by atoms with E-state index in [9.17, 15) is 12.8 Å². The molecule has 1 unspecified atom stereocenters. The molecule has 0 aliphatic rings. The van der Waals surface area contributed by atoms with Crippen molar-refractivity contribution in [3.63, 3.8) is 0 Å². The number of hydrogen-bond acceptors (Lipinski definition) is 4. The quantitative estimate of drug-likeness (QED) is 0.466. The Kier molecular flexibility index (Phi) is 5.15. The molecule has 0 aromatic carbocycles. The number of nitrogens with zero attached hydrogens (tertiary/aromatic N) is 1. The lowest BCUT2D eigenvalue weighted by atomic mass is 10.1. The van der Waals surface area contributed by atoms with Crippen LogP contribution in [0.5, 0.6) is 0 Å². The zero-order valence-electron chi connectivity index (χ0n) is 12.4. The summed E-state index contributed by atoms with van der Waals surface area (Å²) in [7, 11) is -3.71. The molecule has 8 heteroatoms. The predicted octanol–water partition coefficient (Wildman–Crippen LogP) is 2.52. The highest BCUT2D eigenvalue weighted by Crippen LogP contribution is 2.28. The summed E-state index contributed by atoms with van der Waals surface area (Å²) < 4.78 is 37.8. The molecule has 0 radical (unpaired) electrons. The normalized spacial score (nSPS) is 14.0. The number of hydrogen-bond donors (Lipinski definition) is 2. The van der Waals surface area contributed by atoms with Crippen molar-refractivity contribution in [1.82, 2.24) is 4.98 Å². The topological polar surface area (TPSA) is 96.9 Å². The van der Waals surface area contributed by atoms with Crippen LogP contribution < -0.4 is 5.73 Å². The van der Waals surface area contributed by atoms with Crippen molar-refractivity contribution >= 4 is 31.6 Å². The van der Waals surface area contributed by atoms with Gasteiger partial charge in [-0.05, 0) is 48.7 Å².